The Bertz CT molecular complexity index is 799. The van der Waals surface area contributed by atoms with E-state index in [0.717, 1.165) is 17.7 Å². The average molecular weight is 366 g/mol. The number of hydrogen-bond donors (Lipinski definition) is 1. The van der Waals surface area contributed by atoms with Crippen LogP contribution in [0.3, 0.4) is 0 Å². The standard InChI is InChI=1S/C18H14ClF2NO3/c19-12-6-4-11(5-7-12)18(8-9-18)17(24)25-10-15(23)22-16-13(20)2-1-3-14(16)21/h1-7H,8-10H2,(H,22,23). The molecule has 7 heteroatoms. The molecule has 0 heterocycles. The van der Waals surface area contributed by atoms with Gasteiger partial charge < -0.3 is 10.1 Å². The van der Waals surface area contributed by atoms with Crippen LogP contribution in [-0.2, 0) is 19.7 Å². The van der Waals surface area contributed by atoms with E-state index < -0.39 is 41.2 Å². The van der Waals surface area contributed by atoms with Gasteiger partial charge in [-0.15, -0.1) is 0 Å². The van der Waals surface area contributed by atoms with Gasteiger partial charge in [0.1, 0.15) is 17.3 Å². The van der Waals surface area contributed by atoms with Crippen LogP contribution in [0.15, 0.2) is 42.5 Å². The minimum absolute atomic E-state index is 0.543. The number of carbonyl (C=O) groups is 2. The molecule has 0 radical (unpaired) electrons. The Morgan fingerprint density at radius 1 is 1.08 bits per heavy atom. The number of hydrogen-bond acceptors (Lipinski definition) is 3. The Morgan fingerprint density at radius 2 is 1.68 bits per heavy atom. The molecule has 1 saturated carbocycles. The number of anilines is 1. The molecule has 2 aromatic carbocycles. The van der Waals surface area contributed by atoms with Crippen molar-refractivity contribution in [2.24, 2.45) is 0 Å². The first-order valence-corrected chi connectivity index (χ1v) is 7.97. The lowest BCUT2D eigenvalue weighted by atomic mass is 9.96. The highest BCUT2D eigenvalue weighted by Gasteiger charge is 2.52. The van der Waals surface area contributed by atoms with Crippen molar-refractivity contribution in [2.45, 2.75) is 18.3 Å². The molecule has 0 saturated heterocycles. The normalized spacial score (nSPS) is 14.7. The summed E-state index contributed by atoms with van der Waals surface area (Å²) < 4.78 is 32.0. The van der Waals surface area contributed by atoms with Gasteiger partial charge in [0.05, 0.1) is 5.41 Å². The van der Waals surface area contributed by atoms with E-state index in [0.29, 0.717) is 17.9 Å². The quantitative estimate of drug-likeness (QED) is 0.819. The summed E-state index contributed by atoms with van der Waals surface area (Å²) in [5.41, 5.74) is -0.571. The van der Waals surface area contributed by atoms with Crippen LogP contribution in [0.4, 0.5) is 14.5 Å². The zero-order valence-electron chi connectivity index (χ0n) is 13.0. The number of halogens is 3. The smallest absolute Gasteiger partial charge is 0.317 e. The van der Waals surface area contributed by atoms with E-state index in [9.17, 15) is 18.4 Å². The predicted molar refractivity (Wildman–Crippen MR) is 88.3 cm³/mol. The molecule has 0 unspecified atom stereocenters. The molecule has 0 spiro atoms. The molecule has 2 aromatic rings. The summed E-state index contributed by atoms with van der Waals surface area (Å²) in [6.07, 6.45) is 1.22. The van der Waals surface area contributed by atoms with Gasteiger partial charge in [-0.1, -0.05) is 29.8 Å². The number of esters is 1. The number of amides is 1. The SMILES string of the molecule is O=C(COC(=O)C1(c2ccc(Cl)cc2)CC1)Nc1c(F)cccc1F. The van der Waals surface area contributed by atoms with Crippen LogP contribution in [0.5, 0.6) is 0 Å². The number of rotatable bonds is 5. The van der Waals surface area contributed by atoms with Crippen LogP contribution in [0.1, 0.15) is 18.4 Å². The molecular formula is C18H14ClF2NO3. The van der Waals surface area contributed by atoms with E-state index in [1.54, 1.807) is 24.3 Å². The highest BCUT2D eigenvalue weighted by Crippen LogP contribution is 2.49. The van der Waals surface area contributed by atoms with Crippen molar-refractivity contribution in [2.75, 3.05) is 11.9 Å². The predicted octanol–water partition coefficient (Wildman–Crippen LogP) is 3.83. The van der Waals surface area contributed by atoms with E-state index in [1.807, 2.05) is 0 Å². The molecule has 3 rings (SSSR count). The molecule has 1 aliphatic carbocycles. The molecule has 0 bridgehead atoms. The molecule has 0 atom stereocenters. The van der Waals surface area contributed by atoms with Crippen molar-refractivity contribution in [1.82, 2.24) is 0 Å². The summed E-state index contributed by atoms with van der Waals surface area (Å²) in [7, 11) is 0. The summed E-state index contributed by atoms with van der Waals surface area (Å²) in [6.45, 7) is -0.623. The highest BCUT2D eigenvalue weighted by molar-refractivity contribution is 6.30. The maximum Gasteiger partial charge on any atom is 0.317 e. The average Bonchev–Trinajstić information content (AvgIpc) is 3.39. The minimum Gasteiger partial charge on any atom is -0.455 e. The van der Waals surface area contributed by atoms with E-state index in [2.05, 4.69) is 5.32 Å². The van der Waals surface area contributed by atoms with E-state index >= 15 is 0 Å². The molecule has 0 aromatic heterocycles. The monoisotopic (exact) mass is 365 g/mol. The minimum atomic E-state index is -0.903. The molecule has 4 nitrogen and oxygen atoms in total. The number of ether oxygens (including phenoxy) is 1. The Labute approximate surface area is 147 Å². The largest absolute Gasteiger partial charge is 0.455 e. The van der Waals surface area contributed by atoms with Crippen LogP contribution >= 0.6 is 11.6 Å². The fraction of sp³-hybridized carbons (Fsp3) is 0.222. The van der Waals surface area contributed by atoms with Crippen molar-refractivity contribution in [1.29, 1.82) is 0 Å². The lowest BCUT2D eigenvalue weighted by molar-refractivity contribution is -0.150. The molecule has 1 amide bonds. The van der Waals surface area contributed by atoms with Crippen molar-refractivity contribution >= 4 is 29.2 Å². The Balaban J connectivity index is 1.61. The summed E-state index contributed by atoms with van der Waals surface area (Å²) in [5, 5.41) is 2.62. The van der Waals surface area contributed by atoms with Gasteiger partial charge >= 0.3 is 5.97 Å². The zero-order chi connectivity index (χ0) is 18.0. The fourth-order valence-electron chi connectivity index (χ4n) is 2.57. The maximum atomic E-state index is 13.5. The Morgan fingerprint density at radius 3 is 2.24 bits per heavy atom. The molecule has 130 valence electrons. The van der Waals surface area contributed by atoms with Gasteiger partial charge in [-0.05, 0) is 42.7 Å². The first-order valence-electron chi connectivity index (χ1n) is 7.59. The van der Waals surface area contributed by atoms with Gasteiger partial charge in [0.2, 0.25) is 0 Å². The van der Waals surface area contributed by atoms with Crippen LogP contribution in [0.2, 0.25) is 5.02 Å². The Kier molecular flexibility index (Phi) is 4.72. The number of nitrogens with one attached hydrogen (secondary N) is 1. The summed E-state index contributed by atoms with van der Waals surface area (Å²) >= 11 is 5.84. The third-order valence-electron chi connectivity index (χ3n) is 4.10. The fourth-order valence-corrected chi connectivity index (χ4v) is 2.69. The van der Waals surface area contributed by atoms with Gasteiger partial charge in [-0.2, -0.15) is 0 Å². The van der Waals surface area contributed by atoms with Gasteiger partial charge in [0, 0.05) is 5.02 Å². The van der Waals surface area contributed by atoms with Gasteiger partial charge in [-0.25, -0.2) is 8.78 Å². The topological polar surface area (TPSA) is 55.4 Å². The molecule has 1 fully saturated rings. The third kappa shape index (κ3) is 3.64. The van der Waals surface area contributed by atoms with Gasteiger partial charge in [-0.3, -0.25) is 9.59 Å². The van der Waals surface area contributed by atoms with Crippen molar-refractivity contribution in [3.63, 3.8) is 0 Å². The Hall–Kier alpha value is -2.47. The van der Waals surface area contributed by atoms with Crippen molar-refractivity contribution < 1.29 is 23.1 Å². The highest BCUT2D eigenvalue weighted by atomic mass is 35.5. The second-order valence-corrected chi connectivity index (χ2v) is 6.25. The lowest BCUT2D eigenvalue weighted by Gasteiger charge is -2.15. The molecule has 0 aliphatic heterocycles. The number of para-hydroxylation sites is 1. The first-order chi connectivity index (χ1) is 11.9. The summed E-state index contributed by atoms with van der Waals surface area (Å²) in [5.74, 6) is -3.16. The molecule has 1 aliphatic rings. The molecule has 25 heavy (non-hydrogen) atoms. The van der Waals surface area contributed by atoms with E-state index in [4.69, 9.17) is 16.3 Å². The van der Waals surface area contributed by atoms with Crippen LogP contribution in [-0.4, -0.2) is 18.5 Å². The maximum absolute atomic E-state index is 13.5. The van der Waals surface area contributed by atoms with E-state index in [-0.39, 0.29) is 0 Å². The van der Waals surface area contributed by atoms with Crippen LogP contribution in [0.25, 0.3) is 0 Å². The second kappa shape index (κ2) is 6.80. The lowest BCUT2D eigenvalue weighted by Crippen LogP contribution is -2.28. The first kappa shape index (κ1) is 17.4. The second-order valence-electron chi connectivity index (χ2n) is 5.81. The van der Waals surface area contributed by atoms with Crippen molar-refractivity contribution in [3.05, 3.63) is 64.7 Å². The third-order valence-corrected chi connectivity index (χ3v) is 4.35. The van der Waals surface area contributed by atoms with Crippen molar-refractivity contribution in [3.8, 4) is 0 Å². The van der Waals surface area contributed by atoms with Crippen LogP contribution < -0.4 is 5.32 Å². The zero-order valence-corrected chi connectivity index (χ0v) is 13.8. The molecule has 1 N–H and O–H groups in total. The summed E-state index contributed by atoms with van der Waals surface area (Å²) in [6, 6.07) is 10.1. The van der Waals surface area contributed by atoms with E-state index in [1.165, 1.54) is 6.07 Å². The van der Waals surface area contributed by atoms with Gasteiger partial charge in [0.15, 0.2) is 6.61 Å². The van der Waals surface area contributed by atoms with Gasteiger partial charge in [0.25, 0.3) is 5.91 Å². The summed E-state index contributed by atoms with van der Waals surface area (Å²) in [4.78, 5) is 24.1. The van der Waals surface area contributed by atoms with Crippen LogP contribution in [0, 0.1) is 11.6 Å². The number of carbonyl (C=O) groups excluding carboxylic acids is 2. The molecular weight excluding hydrogens is 352 g/mol. The number of benzene rings is 2.